The van der Waals surface area contributed by atoms with Crippen LogP contribution in [0.5, 0.6) is 0 Å². The third-order valence-electron chi connectivity index (χ3n) is 1.69. The summed E-state index contributed by atoms with van der Waals surface area (Å²) in [5.74, 6) is 6.44. The quantitative estimate of drug-likeness (QED) is 0.614. The maximum atomic E-state index is 5.20. The van der Waals surface area contributed by atoms with E-state index >= 15 is 0 Å². The molecule has 5 nitrogen and oxygen atoms in total. The van der Waals surface area contributed by atoms with Crippen molar-refractivity contribution in [3.05, 3.63) is 10.7 Å². The van der Waals surface area contributed by atoms with Crippen LogP contribution in [0.1, 0.15) is 6.92 Å². The number of hydrogen-bond acceptors (Lipinski definition) is 5. The summed E-state index contributed by atoms with van der Waals surface area (Å²) >= 11 is 3.37. The predicted molar refractivity (Wildman–Crippen MR) is 56.5 cm³/mol. The van der Waals surface area contributed by atoms with E-state index in [0.29, 0.717) is 5.95 Å². The first-order valence-corrected chi connectivity index (χ1v) is 4.68. The normalized spacial score (nSPS) is 9.85. The second-order valence-electron chi connectivity index (χ2n) is 2.52. The molecule has 0 aliphatic rings. The molecule has 0 aromatic carbocycles. The Morgan fingerprint density at radius 1 is 1.69 bits per heavy atom. The molecule has 0 atom stereocenters. The van der Waals surface area contributed by atoms with Crippen LogP contribution < -0.4 is 16.2 Å². The Morgan fingerprint density at radius 2 is 2.38 bits per heavy atom. The Kier molecular flexibility index (Phi) is 3.44. The van der Waals surface area contributed by atoms with E-state index in [9.17, 15) is 0 Å². The number of halogens is 1. The van der Waals surface area contributed by atoms with E-state index in [-0.39, 0.29) is 0 Å². The van der Waals surface area contributed by atoms with Crippen LogP contribution in [0.2, 0.25) is 0 Å². The summed E-state index contributed by atoms with van der Waals surface area (Å²) < 4.78 is 0.857. The molecule has 13 heavy (non-hydrogen) atoms. The highest BCUT2D eigenvalue weighted by Gasteiger charge is 2.07. The van der Waals surface area contributed by atoms with Crippen molar-refractivity contribution in [1.29, 1.82) is 0 Å². The van der Waals surface area contributed by atoms with Crippen molar-refractivity contribution in [2.24, 2.45) is 5.84 Å². The predicted octanol–water partition coefficient (Wildman–Crippen LogP) is 0.981. The lowest BCUT2D eigenvalue weighted by atomic mass is 10.5. The molecule has 0 aliphatic carbocycles. The van der Waals surface area contributed by atoms with Gasteiger partial charge >= 0.3 is 0 Å². The molecule has 1 aromatic rings. The highest BCUT2D eigenvalue weighted by Crippen LogP contribution is 2.22. The Morgan fingerprint density at radius 3 is 2.92 bits per heavy atom. The van der Waals surface area contributed by atoms with Gasteiger partial charge in [-0.3, -0.25) is 5.43 Å². The number of nitrogens with two attached hydrogens (primary N) is 1. The molecule has 1 heterocycles. The lowest BCUT2D eigenvalue weighted by molar-refractivity contribution is 0.922. The van der Waals surface area contributed by atoms with Gasteiger partial charge in [-0.15, -0.1) is 0 Å². The second-order valence-corrected chi connectivity index (χ2v) is 3.38. The van der Waals surface area contributed by atoms with Crippen molar-refractivity contribution >= 4 is 27.7 Å². The molecule has 0 spiro atoms. The summed E-state index contributed by atoms with van der Waals surface area (Å²) in [7, 11) is 1.95. The van der Waals surface area contributed by atoms with Crippen molar-refractivity contribution in [1.82, 2.24) is 9.97 Å². The molecule has 6 heteroatoms. The second kappa shape index (κ2) is 4.38. The van der Waals surface area contributed by atoms with Crippen LogP contribution in [0.3, 0.4) is 0 Å². The van der Waals surface area contributed by atoms with Crippen molar-refractivity contribution in [2.45, 2.75) is 6.92 Å². The van der Waals surface area contributed by atoms with Gasteiger partial charge in [0.1, 0.15) is 5.82 Å². The van der Waals surface area contributed by atoms with Gasteiger partial charge in [-0.1, -0.05) is 0 Å². The zero-order valence-electron chi connectivity index (χ0n) is 7.58. The number of anilines is 2. The summed E-state index contributed by atoms with van der Waals surface area (Å²) in [4.78, 5) is 10.1. The fourth-order valence-electron chi connectivity index (χ4n) is 0.845. The summed E-state index contributed by atoms with van der Waals surface area (Å²) in [6, 6.07) is 0. The standard InChI is InChI=1S/C7H12BrN5/c1-3-13(2)6-5(8)4-10-7(11-6)12-9/h4H,3,9H2,1-2H3,(H,10,11,12). The van der Waals surface area contributed by atoms with Gasteiger partial charge in [-0.05, 0) is 22.9 Å². The first kappa shape index (κ1) is 10.2. The Labute approximate surface area is 85.5 Å². The van der Waals surface area contributed by atoms with Crippen molar-refractivity contribution in [2.75, 3.05) is 23.9 Å². The van der Waals surface area contributed by atoms with Crippen molar-refractivity contribution in [3.8, 4) is 0 Å². The molecular formula is C7H12BrN5. The SMILES string of the molecule is CCN(C)c1nc(NN)ncc1Br. The lowest BCUT2D eigenvalue weighted by Crippen LogP contribution is -2.19. The van der Waals surface area contributed by atoms with Crippen LogP contribution in [0.15, 0.2) is 10.7 Å². The van der Waals surface area contributed by atoms with Crippen LogP contribution in [-0.2, 0) is 0 Å². The molecule has 0 bridgehead atoms. The van der Waals surface area contributed by atoms with Crippen molar-refractivity contribution in [3.63, 3.8) is 0 Å². The average molecular weight is 246 g/mol. The molecule has 1 rings (SSSR count). The van der Waals surface area contributed by atoms with Crippen LogP contribution in [0, 0.1) is 0 Å². The van der Waals surface area contributed by atoms with E-state index < -0.39 is 0 Å². The third-order valence-corrected chi connectivity index (χ3v) is 2.25. The largest absolute Gasteiger partial charge is 0.359 e. The summed E-state index contributed by atoms with van der Waals surface area (Å²) in [5.41, 5.74) is 2.40. The minimum Gasteiger partial charge on any atom is -0.359 e. The molecule has 0 amide bonds. The van der Waals surface area contributed by atoms with Crippen LogP contribution >= 0.6 is 15.9 Å². The molecule has 0 saturated heterocycles. The molecule has 72 valence electrons. The number of aromatic nitrogens is 2. The molecular weight excluding hydrogens is 234 g/mol. The van der Waals surface area contributed by atoms with E-state index in [1.165, 1.54) is 0 Å². The van der Waals surface area contributed by atoms with E-state index in [1.807, 2.05) is 18.9 Å². The van der Waals surface area contributed by atoms with Gasteiger partial charge in [-0.2, -0.15) is 4.98 Å². The molecule has 0 aliphatic heterocycles. The number of nitrogens with one attached hydrogen (secondary N) is 1. The van der Waals surface area contributed by atoms with E-state index in [1.54, 1.807) is 6.20 Å². The van der Waals surface area contributed by atoms with Crippen molar-refractivity contribution < 1.29 is 0 Å². The molecule has 0 fully saturated rings. The number of hydrogen-bond donors (Lipinski definition) is 2. The number of rotatable bonds is 3. The Balaban J connectivity index is 3.03. The van der Waals surface area contributed by atoms with Crippen LogP contribution in [0.25, 0.3) is 0 Å². The minimum atomic E-state index is 0.415. The molecule has 3 N–H and O–H groups in total. The maximum absolute atomic E-state index is 5.20. The van der Waals surface area contributed by atoms with Gasteiger partial charge in [0.2, 0.25) is 5.95 Å². The van der Waals surface area contributed by atoms with Gasteiger partial charge in [0.05, 0.1) is 4.47 Å². The van der Waals surface area contributed by atoms with Gasteiger partial charge < -0.3 is 4.90 Å². The minimum absolute atomic E-state index is 0.415. The van der Waals surface area contributed by atoms with Gasteiger partial charge in [-0.25, -0.2) is 10.8 Å². The van der Waals surface area contributed by atoms with Crippen LogP contribution in [0.4, 0.5) is 11.8 Å². The Hall–Kier alpha value is -0.880. The monoisotopic (exact) mass is 245 g/mol. The van der Waals surface area contributed by atoms with Gasteiger partial charge in [0, 0.05) is 19.8 Å². The fourth-order valence-corrected chi connectivity index (χ4v) is 1.34. The maximum Gasteiger partial charge on any atom is 0.239 e. The first-order valence-electron chi connectivity index (χ1n) is 3.89. The van der Waals surface area contributed by atoms with E-state index in [2.05, 4.69) is 31.3 Å². The Bertz CT molecular complexity index is 290. The number of nitrogen functional groups attached to an aromatic ring is 1. The molecule has 0 radical (unpaired) electrons. The zero-order valence-corrected chi connectivity index (χ0v) is 9.17. The highest BCUT2D eigenvalue weighted by atomic mass is 79.9. The smallest absolute Gasteiger partial charge is 0.239 e. The summed E-state index contributed by atoms with van der Waals surface area (Å²) in [5, 5.41) is 0. The van der Waals surface area contributed by atoms with E-state index in [0.717, 1.165) is 16.8 Å². The van der Waals surface area contributed by atoms with E-state index in [4.69, 9.17) is 5.84 Å². The third kappa shape index (κ3) is 2.28. The van der Waals surface area contributed by atoms with Crippen LogP contribution in [-0.4, -0.2) is 23.6 Å². The highest BCUT2D eigenvalue weighted by molar-refractivity contribution is 9.10. The topological polar surface area (TPSA) is 67.1 Å². The number of nitrogens with zero attached hydrogens (tertiary/aromatic N) is 3. The average Bonchev–Trinajstić information content (AvgIpc) is 2.17. The fraction of sp³-hybridized carbons (Fsp3) is 0.429. The van der Waals surface area contributed by atoms with Gasteiger partial charge in [0.15, 0.2) is 0 Å². The molecule has 0 saturated carbocycles. The molecule has 1 aromatic heterocycles. The molecule has 0 unspecified atom stereocenters. The number of hydrazine groups is 1. The first-order chi connectivity index (χ1) is 6.19. The summed E-state index contributed by atoms with van der Waals surface area (Å²) in [6.07, 6.45) is 1.67. The lowest BCUT2D eigenvalue weighted by Gasteiger charge is -2.17. The summed E-state index contributed by atoms with van der Waals surface area (Å²) in [6.45, 7) is 2.92. The zero-order chi connectivity index (χ0) is 9.84. The van der Waals surface area contributed by atoms with Gasteiger partial charge in [0.25, 0.3) is 0 Å².